The summed E-state index contributed by atoms with van der Waals surface area (Å²) >= 11 is 1.35. The highest BCUT2D eigenvalue weighted by atomic mass is 32.2. The Morgan fingerprint density at radius 2 is 1.83 bits per heavy atom. The van der Waals surface area contributed by atoms with Crippen molar-refractivity contribution in [1.29, 1.82) is 0 Å². The van der Waals surface area contributed by atoms with Gasteiger partial charge in [0.1, 0.15) is 11.5 Å². The highest BCUT2D eigenvalue weighted by Crippen LogP contribution is 2.40. The number of aromatic nitrogens is 2. The summed E-state index contributed by atoms with van der Waals surface area (Å²) in [5.74, 6) is -2.61. The van der Waals surface area contributed by atoms with Crippen molar-refractivity contribution >= 4 is 46.7 Å². The van der Waals surface area contributed by atoms with Crippen LogP contribution in [0.4, 0.5) is 31.9 Å². The Labute approximate surface area is 210 Å². The third kappa shape index (κ3) is 6.11. The number of benzene rings is 2. The van der Waals surface area contributed by atoms with E-state index in [-0.39, 0.29) is 34.5 Å². The van der Waals surface area contributed by atoms with Crippen LogP contribution in [0.1, 0.15) is 43.3 Å². The molecule has 9 nitrogen and oxygen atoms in total. The van der Waals surface area contributed by atoms with Crippen molar-refractivity contribution < 1.29 is 27.5 Å². The molecule has 0 radical (unpaired) electrons. The van der Waals surface area contributed by atoms with Gasteiger partial charge in [-0.3, -0.25) is 9.59 Å². The van der Waals surface area contributed by atoms with Crippen LogP contribution in [-0.2, 0) is 9.53 Å². The Hall–Kier alpha value is -3.67. The Morgan fingerprint density at radius 1 is 1.11 bits per heavy atom. The van der Waals surface area contributed by atoms with E-state index >= 15 is 4.39 Å². The summed E-state index contributed by atoms with van der Waals surface area (Å²) < 4.78 is 38.7. The summed E-state index contributed by atoms with van der Waals surface area (Å²) in [4.78, 5) is 24.9. The molecule has 1 aromatic heterocycles. The number of nitrogens with zero attached hydrogens (tertiary/aromatic N) is 2. The van der Waals surface area contributed by atoms with Gasteiger partial charge in [0.05, 0.1) is 18.2 Å². The molecule has 3 aromatic rings. The zero-order valence-electron chi connectivity index (χ0n) is 19.4. The molecule has 0 bridgehead atoms. The number of rotatable bonds is 8. The van der Waals surface area contributed by atoms with Crippen molar-refractivity contribution in [1.82, 2.24) is 10.2 Å². The number of halogens is 2. The van der Waals surface area contributed by atoms with Gasteiger partial charge in [-0.05, 0) is 69.0 Å². The molecule has 1 saturated carbocycles. The smallest absolute Gasteiger partial charge is 0.320 e. The third-order valence-electron chi connectivity index (χ3n) is 5.68. The maximum atomic E-state index is 15.3. The van der Waals surface area contributed by atoms with Crippen LogP contribution in [0.5, 0.6) is 0 Å². The van der Waals surface area contributed by atoms with Crippen molar-refractivity contribution in [2.24, 2.45) is 5.92 Å². The monoisotopic (exact) mass is 517 g/mol. The first-order valence-corrected chi connectivity index (χ1v) is 12.3. The summed E-state index contributed by atoms with van der Waals surface area (Å²) in [5.41, 5.74) is 6.26. The first-order chi connectivity index (χ1) is 17.3. The zero-order chi connectivity index (χ0) is 25.7. The normalized spacial score (nSPS) is 17.4. The van der Waals surface area contributed by atoms with Gasteiger partial charge >= 0.3 is 23.8 Å². The minimum absolute atomic E-state index is 0.0420. The van der Waals surface area contributed by atoms with E-state index < -0.39 is 23.4 Å². The van der Waals surface area contributed by atoms with E-state index in [1.807, 2.05) is 0 Å². The number of esters is 1. The third-order valence-corrected chi connectivity index (χ3v) is 7.05. The molecule has 2 aromatic carbocycles. The molecule has 12 heteroatoms. The lowest BCUT2D eigenvalue weighted by Gasteiger charge is -2.27. The lowest BCUT2D eigenvalue weighted by atomic mass is 9.89. The van der Waals surface area contributed by atoms with Crippen LogP contribution in [-0.4, -0.2) is 33.9 Å². The number of nitrogen functional groups attached to an aromatic ring is 1. The molecule has 36 heavy (non-hydrogen) atoms. The number of hydrogen-bond donors (Lipinski definition) is 3. The second kappa shape index (κ2) is 11.4. The number of nitrogens with two attached hydrogens (primary N) is 1. The first kappa shape index (κ1) is 25.4. The van der Waals surface area contributed by atoms with E-state index in [4.69, 9.17) is 14.9 Å². The SMILES string of the molecule is CCOC(=O)C1CCC(Sc2ccc(N)c(NC(=O)c3nnc(Nc4ccc(F)cc4)o3)c2F)CC1. The van der Waals surface area contributed by atoms with Crippen LogP contribution in [0.15, 0.2) is 45.7 Å². The molecule has 0 saturated heterocycles. The molecule has 1 aliphatic carbocycles. The highest BCUT2D eigenvalue weighted by Gasteiger charge is 2.29. The van der Waals surface area contributed by atoms with Crippen molar-refractivity contribution in [3.05, 3.63) is 53.9 Å². The van der Waals surface area contributed by atoms with Gasteiger partial charge in [-0.15, -0.1) is 16.9 Å². The predicted molar refractivity (Wildman–Crippen MR) is 131 cm³/mol. The van der Waals surface area contributed by atoms with E-state index in [1.54, 1.807) is 13.0 Å². The number of anilines is 4. The largest absolute Gasteiger partial charge is 0.466 e. The van der Waals surface area contributed by atoms with E-state index in [9.17, 15) is 14.0 Å². The Bertz CT molecular complexity index is 1230. The van der Waals surface area contributed by atoms with Crippen molar-refractivity contribution in [3.63, 3.8) is 0 Å². The fraction of sp³-hybridized carbons (Fsp3) is 0.333. The van der Waals surface area contributed by atoms with Crippen LogP contribution in [0.2, 0.25) is 0 Å². The average Bonchev–Trinajstić information content (AvgIpc) is 3.34. The van der Waals surface area contributed by atoms with E-state index in [0.717, 1.165) is 12.8 Å². The summed E-state index contributed by atoms with van der Waals surface area (Å²) in [5, 5.41) is 12.7. The Balaban J connectivity index is 1.39. The number of thioether (sulfide) groups is 1. The van der Waals surface area contributed by atoms with Crippen molar-refractivity contribution in [2.75, 3.05) is 23.0 Å². The van der Waals surface area contributed by atoms with Gasteiger partial charge in [0, 0.05) is 15.8 Å². The molecule has 1 fully saturated rings. The lowest BCUT2D eigenvalue weighted by molar-refractivity contribution is -0.149. The summed E-state index contributed by atoms with van der Waals surface area (Å²) in [6, 6.07) is 8.40. The molecular formula is C24H25F2N5O4S. The molecule has 1 heterocycles. The van der Waals surface area contributed by atoms with Gasteiger partial charge in [0.25, 0.3) is 0 Å². The number of carbonyl (C=O) groups is 2. The second-order valence-electron chi connectivity index (χ2n) is 8.18. The highest BCUT2D eigenvalue weighted by molar-refractivity contribution is 8.00. The number of amides is 1. The molecule has 0 aliphatic heterocycles. The molecule has 0 unspecified atom stereocenters. The van der Waals surface area contributed by atoms with Crippen molar-refractivity contribution in [2.45, 2.75) is 42.8 Å². The van der Waals surface area contributed by atoms with Gasteiger partial charge in [-0.2, -0.15) is 0 Å². The van der Waals surface area contributed by atoms with Gasteiger partial charge < -0.3 is 25.5 Å². The van der Waals surface area contributed by atoms with Crippen molar-refractivity contribution in [3.8, 4) is 0 Å². The Kier molecular flexibility index (Phi) is 8.04. The van der Waals surface area contributed by atoms with Gasteiger partial charge in [0.2, 0.25) is 0 Å². The zero-order valence-corrected chi connectivity index (χ0v) is 20.2. The van der Waals surface area contributed by atoms with Gasteiger partial charge in [-0.25, -0.2) is 8.78 Å². The molecule has 1 amide bonds. The molecule has 0 atom stereocenters. The van der Waals surface area contributed by atoms with Gasteiger partial charge in [0.15, 0.2) is 5.82 Å². The predicted octanol–water partition coefficient (Wildman–Crippen LogP) is 5.14. The molecule has 1 aliphatic rings. The van der Waals surface area contributed by atoms with E-state index in [1.165, 1.54) is 42.1 Å². The van der Waals surface area contributed by atoms with E-state index in [0.29, 0.717) is 30.0 Å². The average molecular weight is 518 g/mol. The fourth-order valence-electron chi connectivity index (χ4n) is 3.84. The minimum atomic E-state index is -0.836. The second-order valence-corrected chi connectivity index (χ2v) is 9.53. The number of nitrogens with one attached hydrogen (secondary N) is 2. The van der Waals surface area contributed by atoms with Crippen LogP contribution >= 0.6 is 11.8 Å². The maximum Gasteiger partial charge on any atom is 0.320 e. The topological polar surface area (TPSA) is 132 Å². The lowest BCUT2D eigenvalue weighted by Crippen LogP contribution is -2.24. The van der Waals surface area contributed by atoms with Crippen LogP contribution in [0, 0.1) is 17.6 Å². The fourth-order valence-corrected chi connectivity index (χ4v) is 5.05. The van der Waals surface area contributed by atoms with E-state index in [2.05, 4.69) is 20.8 Å². The quantitative estimate of drug-likeness (QED) is 0.274. The Morgan fingerprint density at radius 3 is 2.53 bits per heavy atom. The summed E-state index contributed by atoms with van der Waals surface area (Å²) in [7, 11) is 0. The minimum Gasteiger partial charge on any atom is -0.466 e. The van der Waals surface area contributed by atoms with Gasteiger partial charge in [-0.1, -0.05) is 5.10 Å². The number of hydrogen-bond acceptors (Lipinski definition) is 9. The molecule has 4 N–H and O–H groups in total. The maximum absolute atomic E-state index is 15.3. The first-order valence-electron chi connectivity index (χ1n) is 11.4. The number of carbonyl (C=O) groups excluding carboxylic acids is 2. The summed E-state index contributed by atoms with van der Waals surface area (Å²) in [6.45, 7) is 2.14. The molecule has 190 valence electrons. The van der Waals surface area contributed by atoms with Crippen LogP contribution < -0.4 is 16.4 Å². The summed E-state index contributed by atoms with van der Waals surface area (Å²) in [6.07, 6.45) is 2.85. The molecule has 4 rings (SSSR count). The molecular weight excluding hydrogens is 492 g/mol. The molecule has 0 spiro atoms. The standard InChI is InChI=1S/C24H25F2N5O4S/c1-2-34-23(33)13-3-9-16(10-4-13)36-18-12-11-17(27)20(19(18)26)29-21(32)22-30-31-24(35-22)28-15-7-5-14(25)6-8-15/h5-8,11-13,16H,2-4,9-10,27H2,1H3,(H,28,31)(H,29,32). The van der Waals surface area contributed by atoms with Crippen LogP contribution in [0.3, 0.4) is 0 Å². The van der Waals surface area contributed by atoms with Crippen LogP contribution in [0.25, 0.3) is 0 Å². The number of ether oxygens (including phenoxy) is 1.